The topological polar surface area (TPSA) is 57.4 Å². The van der Waals surface area contributed by atoms with Gasteiger partial charge in [0.15, 0.2) is 0 Å². The fourth-order valence-electron chi connectivity index (χ4n) is 1.93. The predicted molar refractivity (Wildman–Crippen MR) is 72.7 cm³/mol. The van der Waals surface area contributed by atoms with E-state index in [2.05, 4.69) is 4.98 Å². The fraction of sp³-hybridized carbons (Fsp3) is 0.615. The van der Waals surface area contributed by atoms with Crippen LogP contribution in [0.2, 0.25) is 0 Å². The van der Waals surface area contributed by atoms with Gasteiger partial charge in [-0.3, -0.25) is 4.98 Å². The molecule has 0 aliphatic carbocycles. The van der Waals surface area contributed by atoms with Crippen LogP contribution < -0.4 is 11.3 Å². The molecule has 0 saturated carbocycles. The second-order valence-electron chi connectivity index (χ2n) is 5.83. The third kappa shape index (κ3) is 2.80. The van der Waals surface area contributed by atoms with Crippen molar-refractivity contribution in [2.24, 2.45) is 5.73 Å². The molecule has 4 nitrogen and oxygen atoms in total. The molecule has 6 heteroatoms. The molecule has 0 aromatic carbocycles. The van der Waals surface area contributed by atoms with Gasteiger partial charge < -0.3 is 15.0 Å². The first kappa shape index (κ1) is 14.4. The van der Waals surface area contributed by atoms with E-state index in [9.17, 15) is 4.39 Å². The van der Waals surface area contributed by atoms with E-state index in [-0.39, 0.29) is 5.82 Å². The van der Waals surface area contributed by atoms with E-state index in [1.54, 1.807) is 0 Å². The van der Waals surface area contributed by atoms with E-state index in [0.29, 0.717) is 24.3 Å². The monoisotopic (exact) mass is 266 g/mol. The molecule has 1 aromatic heterocycles. The SMILES string of the molecule is CC1(C)OB(c2cc(F)cc(CCN)n2)OC1(C)C. The zero-order valence-electron chi connectivity index (χ0n) is 11.9. The summed E-state index contributed by atoms with van der Waals surface area (Å²) in [5.74, 6) is -0.344. The summed E-state index contributed by atoms with van der Waals surface area (Å²) in [6.45, 7) is 8.24. The van der Waals surface area contributed by atoms with E-state index in [1.165, 1.54) is 12.1 Å². The number of halogens is 1. The van der Waals surface area contributed by atoms with Crippen LogP contribution in [-0.2, 0) is 15.7 Å². The highest BCUT2D eigenvalue weighted by molar-refractivity contribution is 6.61. The summed E-state index contributed by atoms with van der Waals surface area (Å²) < 4.78 is 25.3. The van der Waals surface area contributed by atoms with Gasteiger partial charge in [0, 0.05) is 12.1 Å². The van der Waals surface area contributed by atoms with Crippen LogP contribution in [0.1, 0.15) is 33.4 Å². The summed E-state index contributed by atoms with van der Waals surface area (Å²) in [4.78, 5) is 4.37. The molecule has 1 fully saturated rings. The molecule has 0 radical (unpaired) electrons. The number of nitrogens with zero attached hydrogens (tertiary/aromatic N) is 1. The maximum Gasteiger partial charge on any atom is 0.514 e. The van der Waals surface area contributed by atoms with E-state index < -0.39 is 18.3 Å². The lowest BCUT2D eigenvalue weighted by Crippen LogP contribution is -2.41. The molecule has 1 aliphatic rings. The highest BCUT2D eigenvalue weighted by Gasteiger charge is 2.52. The van der Waals surface area contributed by atoms with Gasteiger partial charge in [-0.05, 0) is 46.4 Å². The largest absolute Gasteiger partial charge is 0.514 e. The van der Waals surface area contributed by atoms with Gasteiger partial charge >= 0.3 is 7.12 Å². The summed E-state index contributed by atoms with van der Waals surface area (Å²) in [7, 11) is -0.641. The zero-order valence-corrected chi connectivity index (χ0v) is 11.9. The second kappa shape index (κ2) is 4.85. The zero-order chi connectivity index (χ0) is 14.3. The van der Waals surface area contributed by atoms with Crippen molar-refractivity contribution >= 4 is 12.7 Å². The third-order valence-corrected chi connectivity index (χ3v) is 3.76. The fourth-order valence-corrected chi connectivity index (χ4v) is 1.93. The minimum absolute atomic E-state index is 0.344. The lowest BCUT2D eigenvalue weighted by Gasteiger charge is -2.32. The Balaban J connectivity index is 2.29. The molecular formula is C13H20BFN2O2. The first-order valence-electron chi connectivity index (χ1n) is 6.47. The smallest absolute Gasteiger partial charge is 0.398 e. The van der Waals surface area contributed by atoms with Gasteiger partial charge in [0.1, 0.15) is 5.82 Å². The van der Waals surface area contributed by atoms with Crippen molar-refractivity contribution in [3.8, 4) is 0 Å². The van der Waals surface area contributed by atoms with Gasteiger partial charge in [-0.1, -0.05) is 0 Å². The molecule has 0 bridgehead atoms. The van der Waals surface area contributed by atoms with Crippen molar-refractivity contribution in [1.29, 1.82) is 0 Å². The Morgan fingerprint density at radius 1 is 1.21 bits per heavy atom. The molecule has 2 heterocycles. The molecule has 0 spiro atoms. The van der Waals surface area contributed by atoms with Crippen molar-refractivity contribution < 1.29 is 13.7 Å². The molecule has 1 aromatic rings. The summed E-state index contributed by atoms with van der Waals surface area (Å²) >= 11 is 0. The van der Waals surface area contributed by atoms with Gasteiger partial charge in [-0.15, -0.1) is 0 Å². The minimum atomic E-state index is -0.641. The highest BCUT2D eigenvalue weighted by Crippen LogP contribution is 2.36. The predicted octanol–water partition coefficient (Wildman–Crippen LogP) is 1.02. The number of pyridine rings is 1. The van der Waals surface area contributed by atoms with Crippen molar-refractivity contribution in [2.45, 2.75) is 45.3 Å². The highest BCUT2D eigenvalue weighted by atomic mass is 19.1. The maximum absolute atomic E-state index is 13.6. The molecule has 19 heavy (non-hydrogen) atoms. The second-order valence-corrected chi connectivity index (χ2v) is 5.83. The van der Waals surface area contributed by atoms with Gasteiger partial charge in [0.05, 0.1) is 16.8 Å². The lowest BCUT2D eigenvalue weighted by molar-refractivity contribution is 0.00578. The van der Waals surface area contributed by atoms with Gasteiger partial charge in [0.25, 0.3) is 0 Å². The van der Waals surface area contributed by atoms with Crippen molar-refractivity contribution in [2.75, 3.05) is 6.54 Å². The van der Waals surface area contributed by atoms with Gasteiger partial charge in [0.2, 0.25) is 0 Å². The van der Waals surface area contributed by atoms with Crippen molar-refractivity contribution in [3.63, 3.8) is 0 Å². The minimum Gasteiger partial charge on any atom is -0.398 e. The quantitative estimate of drug-likeness (QED) is 0.830. The Kier molecular flexibility index (Phi) is 3.68. The number of hydrogen-bond donors (Lipinski definition) is 1. The van der Waals surface area contributed by atoms with Gasteiger partial charge in [-0.2, -0.15) is 0 Å². The normalized spacial score (nSPS) is 20.8. The Morgan fingerprint density at radius 2 is 1.79 bits per heavy atom. The average Bonchev–Trinajstić information content (AvgIpc) is 2.48. The van der Waals surface area contributed by atoms with Crippen LogP contribution in [0, 0.1) is 5.82 Å². The number of rotatable bonds is 3. The molecule has 1 aliphatic heterocycles. The van der Waals surface area contributed by atoms with Crippen LogP contribution in [0.4, 0.5) is 4.39 Å². The molecule has 2 N–H and O–H groups in total. The average molecular weight is 266 g/mol. The van der Waals surface area contributed by atoms with Crippen LogP contribution in [0.25, 0.3) is 0 Å². The Bertz CT molecular complexity index is 464. The molecule has 0 unspecified atom stereocenters. The molecule has 104 valence electrons. The van der Waals surface area contributed by atoms with Crippen LogP contribution in [-0.4, -0.2) is 29.8 Å². The standard InChI is InChI=1S/C13H20BFN2O2/c1-12(2)13(3,4)19-14(18-12)11-8-9(15)7-10(17-11)5-6-16/h7-8H,5-6,16H2,1-4H3. The summed E-state index contributed by atoms with van der Waals surface area (Å²) in [6, 6.07) is 2.74. The van der Waals surface area contributed by atoms with Crippen molar-refractivity contribution in [1.82, 2.24) is 4.98 Å². The molecule has 0 atom stereocenters. The molecule has 1 saturated heterocycles. The van der Waals surface area contributed by atoms with Crippen molar-refractivity contribution in [3.05, 3.63) is 23.6 Å². The summed E-state index contributed by atoms with van der Waals surface area (Å²) in [5.41, 5.74) is 5.64. The lowest BCUT2D eigenvalue weighted by atomic mass is 9.84. The van der Waals surface area contributed by atoms with E-state index >= 15 is 0 Å². The summed E-state index contributed by atoms with van der Waals surface area (Å²) in [6.07, 6.45) is 0.532. The van der Waals surface area contributed by atoms with Crippen LogP contribution in [0.3, 0.4) is 0 Å². The third-order valence-electron chi connectivity index (χ3n) is 3.76. The first-order valence-corrected chi connectivity index (χ1v) is 6.47. The molecule has 2 rings (SSSR count). The van der Waals surface area contributed by atoms with Gasteiger partial charge in [-0.25, -0.2) is 4.39 Å². The molecule has 0 amide bonds. The Morgan fingerprint density at radius 3 is 2.32 bits per heavy atom. The van der Waals surface area contributed by atoms with E-state index in [4.69, 9.17) is 15.0 Å². The summed E-state index contributed by atoms with van der Waals surface area (Å²) in [5, 5.41) is 0. The van der Waals surface area contributed by atoms with E-state index in [1.807, 2.05) is 27.7 Å². The number of aromatic nitrogens is 1. The number of hydrogen-bond acceptors (Lipinski definition) is 4. The Hall–Kier alpha value is -0.975. The maximum atomic E-state index is 13.6. The Labute approximate surface area is 113 Å². The van der Waals surface area contributed by atoms with Crippen LogP contribution in [0.15, 0.2) is 12.1 Å². The number of nitrogens with two attached hydrogens (primary N) is 1. The first-order chi connectivity index (χ1) is 8.75. The van der Waals surface area contributed by atoms with E-state index in [0.717, 1.165) is 0 Å². The van der Waals surface area contributed by atoms with Crippen LogP contribution >= 0.6 is 0 Å². The van der Waals surface area contributed by atoms with Crippen LogP contribution in [0.5, 0.6) is 0 Å². The molecular weight excluding hydrogens is 246 g/mol.